The second kappa shape index (κ2) is 6.92. The number of nitrogens with zero attached hydrogens (tertiary/aromatic N) is 1. The molecule has 4 heteroatoms. The number of hydrogen-bond acceptors (Lipinski definition) is 3. The van der Waals surface area contributed by atoms with Crippen molar-refractivity contribution in [2.45, 2.75) is 45.2 Å². The van der Waals surface area contributed by atoms with E-state index in [-0.39, 0.29) is 10.9 Å². The van der Waals surface area contributed by atoms with Gasteiger partial charge < -0.3 is 9.29 Å². The minimum atomic E-state index is -1.22. The van der Waals surface area contributed by atoms with E-state index in [2.05, 4.69) is 4.40 Å². The largest absolute Gasteiger partial charge is 0.591 e. The van der Waals surface area contributed by atoms with Gasteiger partial charge >= 0.3 is 0 Å². The fourth-order valence-electron chi connectivity index (χ4n) is 1.14. The van der Waals surface area contributed by atoms with E-state index in [1.807, 2.05) is 58.0 Å². The Bertz CT molecular complexity index is 373. The Balaban J connectivity index is 2.38. The van der Waals surface area contributed by atoms with Crippen LogP contribution >= 0.6 is 0 Å². The predicted octanol–water partition coefficient (Wildman–Crippen LogP) is 3.12. The molecule has 0 aliphatic carbocycles. The van der Waals surface area contributed by atoms with Crippen molar-refractivity contribution in [2.24, 2.45) is 4.40 Å². The lowest BCUT2D eigenvalue weighted by molar-refractivity contribution is 0.0992. The third-order valence-electron chi connectivity index (χ3n) is 2.25. The Hall–Kier alpha value is -0.840. The second-order valence-corrected chi connectivity index (χ2v) is 7.05. The first-order valence-electron chi connectivity index (χ1n) is 6.01. The second-order valence-electron chi connectivity index (χ2n) is 5.12. The van der Waals surface area contributed by atoms with Gasteiger partial charge in [0.15, 0.2) is 0 Å². The highest BCUT2D eigenvalue weighted by Gasteiger charge is 2.25. The highest BCUT2D eigenvalue weighted by atomic mass is 32.2. The van der Waals surface area contributed by atoms with Crippen LogP contribution in [0.3, 0.4) is 0 Å². The molecule has 0 amide bonds. The van der Waals surface area contributed by atoms with Crippen LogP contribution in [0.25, 0.3) is 0 Å². The molecule has 0 aliphatic rings. The summed E-state index contributed by atoms with van der Waals surface area (Å²) in [5, 5.41) is 0. The molecule has 1 rings (SSSR count). The van der Waals surface area contributed by atoms with Crippen LogP contribution in [-0.2, 0) is 22.7 Å². The van der Waals surface area contributed by atoms with E-state index in [1.54, 1.807) is 6.21 Å². The van der Waals surface area contributed by atoms with Crippen molar-refractivity contribution in [2.75, 3.05) is 0 Å². The summed E-state index contributed by atoms with van der Waals surface area (Å²) >= 11 is -1.22. The maximum Gasteiger partial charge on any atom is 0.144 e. The first kappa shape index (κ1) is 15.2. The fourth-order valence-corrected chi connectivity index (χ4v) is 1.74. The van der Waals surface area contributed by atoms with Crippen molar-refractivity contribution in [3.63, 3.8) is 0 Å². The highest BCUT2D eigenvalue weighted by Crippen LogP contribution is 2.16. The molecule has 0 aliphatic heterocycles. The summed E-state index contributed by atoms with van der Waals surface area (Å²) in [6.07, 6.45) is 1.47. The predicted molar refractivity (Wildman–Crippen MR) is 77.1 cm³/mol. The van der Waals surface area contributed by atoms with Crippen LogP contribution in [0.4, 0.5) is 0 Å². The van der Waals surface area contributed by atoms with Crippen molar-refractivity contribution < 1.29 is 9.29 Å². The number of rotatable bonds is 5. The quantitative estimate of drug-likeness (QED) is 0.607. The van der Waals surface area contributed by atoms with Crippen LogP contribution < -0.4 is 0 Å². The lowest BCUT2D eigenvalue weighted by Crippen LogP contribution is -2.26. The molecule has 100 valence electrons. The first-order valence-corrected chi connectivity index (χ1v) is 7.12. The van der Waals surface area contributed by atoms with Crippen molar-refractivity contribution >= 4 is 17.6 Å². The van der Waals surface area contributed by atoms with Gasteiger partial charge in [-0.1, -0.05) is 34.7 Å². The van der Waals surface area contributed by atoms with Crippen LogP contribution in [-0.4, -0.2) is 21.6 Å². The summed E-state index contributed by atoms with van der Waals surface area (Å²) in [6.45, 7) is 8.13. The van der Waals surface area contributed by atoms with Crippen molar-refractivity contribution in [1.29, 1.82) is 0 Å². The SMILES string of the molecule is CC(C=N[S+]([O-])C(C)(C)C)OCc1ccccc1. The number of hydrogen-bond donors (Lipinski definition) is 0. The van der Waals surface area contributed by atoms with Crippen LogP contribution in [0.15, 0.2) is 34.7 Å². The Morgan fingerprint density at radius 1 is 1.33 bits per heavy atom. The maximum atomic E-state index is 11.7. The summed E-state index contributed by atoms with van der Waals surface area (Å²) in [5.41, 5.74) is 1.12. The molecule has 0 saturated heterocycles. The Morgan fingerprint density at radius 3 is 2.50 bits per heavy atom. The zero-order valence-electron chi connectivity index (χ0n) is 11.4. The van der Waals surface area contributed by atoms with Gasteiger partial charge in [0.25, 0.3) is 0 Å². The monoisotopic (exact) mass is 267 g/mol. The lowest BCUT2D eigenvalue weighted by Gasteiger charge is -2.18. The summed E-state index contributed by atoms with van der Waals surface area (Å²) in [4.78, 5) is 0. The van der Waals surface area contributed by atoms with Gasteiger partial charge in [0, 0.05) is 0 Å². The average molecular weight is 267 g/mol. The summed E-state index contributed by atoms with van der Waals surface area (Å²) in [5.74, 6) is 0. The zero-order chi connectivity index (χ0) is 13.6. The van der Waals surface area contributed by atoms with Gasteiger partial charge in [-0.05, 0) is 33.3 Å². The van der Waals surface area contributed by atoms with Crippen LogP contribution in [0.2, 0.25) is 0 Å². The van der Waals surface area contributed by atoms with Gasteiger partial charge in [-0.3, -0.25) is 0 Å². The van der Waals surface area contributed by atoms with Crippen LogP contribution in [0.5, 0.6) is 0 Å². The normalized spacial score (nSPS) is 15.8. The van der Waals surface area contributed by atoms with Gasteiger partial charge in [-0.2, -0.15) is 0 Å². The summed E-state index contributed by atoms with van der Waals surface area (Å²) < 4.78 is 21.0. The molecule has 2 unspecified atom stereocenters. The molecule has 0 spiro atoms. The van der Waals surface area contributed by atoms with Crippen LogP contribution in [0.1, 0.15) is 33.3 Å². The first-order chi connectivity index (χ1) is 8.39. The topological polar surface area (TPSA) is 44.7 Å². The van der Waals surface area contributed by atoms with E-state index in [0.717, 1.165) is 5.56 Å². The molecule has 0 heterocycles. The average Bonchev–Trinajstić information content (AvgIpc) is 2.33. The number of ether oxygens (including phenoxy) is 1. The third kappa shape index (κ3) is 5.67. The standard InChI is InChI=1S/C14H21NO2S/c1-12(10-15-18(16)14(2,3)4)17-11-13-8-6-5-7-9-13/h5-10,12H,11H2,1-4H3. The molecule has 0 aromatic heterocycles. The smallest absolute Gasteiger partial charge is 0.144 e. The van der Waals surface area contributed by atoms with E-state index in [0.29, 0.717) is 6.61 Å². The van der Waals surface area contributed by atoms with E-state index in [9.17, 15) is 4.55 Å². The molecule has 1 aromatic carbocycles. The molecule has 18 heavy (non-hydrogen) atoms. The minimum Gasteiger partial charge on any atom is -0.591 e. The van der Waals surface area contributed by atoms with E-state index < -0.39 is 11.4 Å². The van der Waals surface area contributed by atoms with E-state index in [1.165, 1.54) is 0 Å². The van der Waals surface area contributed by atoms with Crippen molar-refractivity contribution in [3.05, 3.63) is 35.9 Å². The molecule has 0 bridgehead atoms. The number of benzene rings is 1. The lowest BCUT2D eigenvalue weighted by atomic mass is 10.2. The van der Waals surface area contributed by atoms with Gasteiger partial charge in [-0.25, -0.2) is 0 Å². The van der Waals surface area contributed by atoms with E-state index >= 15 is 0 Å². The van der Waals surface area contributed by atoms with Crippen molar-refractivity contribution in [1.82, 2.24) is 0 Å². The van der Waals surface area contributed by atoms with Gasteiger partial charge in [0.1, 0.15) is 16.1 Å². The molecule has 0 N–H and O–H groups in total. The molecule has 2 atom stereocenters. The molecular weight excluding hydrogens is 246 g/mol. The molecular formula is C14H21NO2S. The molecule has 0 saturated carbocycles. The molecule has 1 aromatic rings. The maximum absolute atomic E-state index is 11.7. The van der Waals surface area contributed by atoms with Gasteiger partial charge in [0.05, 0.1) is 18.9 Å². The third-order valence-corrected chi connectivity index (χ3v) is 3.61. The van der Waals surface area contributed by atoms with Crippen molar-refractivity contribution in [3.8, 4) is 0 Å². The van der Waals surface area contributed by atoms with E-state index in [4.69, 9.17) is 4.74 Å². The van der Waals surface area contributed by atoms with Crippen LogP contribution in [0, 0.1) is 0 Å². The van der Waals surface area contributed by atoms with Gasteiger partial charge in [0.2, 0.25) is 0 Å². The molecule has 0 radical (unpaired) electrons. The summed E-state index contributed by atoms with van der Waals surface area (Å²) in [6, 6.07) is 9.95. The molecule has 0 fully saturated rings. The van der Waals surface area contributed by atoms with Gasteiger partial charge in [-0.15, -0.1) is 0 Å². The zero-order valence-corrected chi connectivity index (χ0v) is 12.2. The minimum absolute atomic E-state index is 0.142. The Morgan fingerprint density at radius 2 is 1.94 bits per heavy atom. The Labute approximate surface area is 113 Å². The highest BCUT2D eigenvalue weighted by molar-refractivity contribution is 7.91. The molecule has 3 nitrogen and oxygen atoms in total. The summed E-state index contributed by atoms with van der Waals surface area (Å²) in [7, 11) is 0. The fraction of sp³-hybridized carbons (Fsp3) is 0.500. The Kier molecular flexibility index (Phi) is 5.85.